The molecule has 0 atom stereocenters. The largest absolute Gasteiger partial charge is 0.497 e. The Morgan fingerprint density at radius 2 is 1.65 bits per heavy atom. The van der Waals surface area contributed by atoms with Crippen LogP contribution in [0, 0.1) is 0 Å². The van der Waals surface area contributed by atoms with Crippen molar-refractivity contribution in [3.05, 3.63) is 66.4 Å². The molecule has 2 aromatic carbocycles. The SMILES string of the molecule is COc1cccc(Nc2ccnc(Nc3cccc(C(F)(F)F)c3)n2)c1. The van der Waals surface area contributed by atoms with Crippen molar-refractivity contribution in [2.24, 2.45) is 0 Å². The molecule has 0 spiro atoms. The van der Waals surface area contributed by atoms with Crippen molar-refractivity contribution >= 4 is 23.1 Å². The third-order valence-electron chi connectivity index (χ3n) is 3.44. The Balaban J connectivity index is 1.77. The van der Waals surface area contributed by atoms with Gasteiger partial charge >= 0.3 is 6.18 Å². The predicted molar refractivity (Wildman–Crippen MR) is 93.0 cm³/mol. The van der Waals surface area contributed by atoms with Crippen LogP contribution in [0.1, 0.15) is 5.56 Å². The zero-order valence-electron chi connectivity index (χ0n) is 13.7. The van der Waals surface area contributed by atoms with Gasteiger partial charge in [0.25, 0.3) is 0 Å². The van der Waals surface area contributed by atoms with E-state index in [2.05, 4.69) is 20.6 Å². The maximum absolute atomic E-state index is 12.8. The predicted octanol–water partition coefficient (Wildman–Crippen LogP) is 4.99. The van der Waals surface area contributed by atoms with Gasteiger partial charge in [-0.15, -0.1) is 0 Å². The van der Waals surface area contributed by atoms with Crippen molar-refractivity contribution in [1.29, 1.82) is 0 Å². The van der Waals surface area contributed by atoms with Gasteiger partial charge in [0.2, 0.25) is 5.95 Å². The molecule has 0 amide bonds. The van der Waals surface area contributed by atoms with Crippen LogP contribution in [0.15, 0.2) is 60.8 Å². The number of alkyl halides is 3. The number of rotatable bonds is 5. The van der Waals surface area contributed by atoms with E-state index in [1.165, 1.54) is 18.3 Å². The highest BCUT2D eigenvalue weighted by atomic mass is 19.4. The normalized spacial score (nSPS) is 11.1. The molecule has 0 radical (unpaired) electrons. The zero-order chi connectivity index (χ0) is 18.6. The van der Waals surface area contributed by atoms with Crippen LogP contribution in [0.2, 0.25) is 0 Å². The monoisotopic (exact) mass is 360 g/mol. The molecule has 134 valence electrons. The molecule has 26 heavy (non-hydrogen) atoms. The first kappa shape index (κ1) is 17.5. The number of ether oxygens (including phenoxy) is 1. The number of aromatic nitrogens is 2. The Morgan fingerprint density at radius 1 is 0.923 bits per heavy atom. The number of anilines is 4. The summed E-state index contributed by atoms with van der Waals surface area (Å²) in [6.07, 6.45) is -2.90. The summed E-state index contributed by atoms with van der Waals surface area (Å²) in [6.45, 7) is 0. The minimum absolute atomic E-state index is 0.178. The molecule has 0 unspecified atom stereocenters. The lowest BCUT2D eigenvalue weighted by atomic mass is 10.2. The van der Waals surface area contributed by atoms with E-state index in [1.54, 1.807) is 19.2 Å². The molecule has 5 nitrogen and oxygen atoms in total. The molecular formula is C18H15F3N4O. The van der Waals surface area contributed by atoms with Gasteiger partial charge in [0.1, 0.15) is 11.6 Å². The molecule has 3 aromatic rings. The Morgan fingerprint density at radius 3 is 2.38 bits per heavy atom. The second-order valence-electron chi connectivity index (χ2n) is 5.33. The lowest BCUT2D eigenvalue weighted by Gasteiger charge is -2.11. The molecule has 0 bridgehead atoms. The molecule has 0 aliphatic heterocycles. The number of benzene rings is 2. The van der Waals surface area contributed by atoms with Crippen LogP contribution in [-0.2, 0) is 6.18 Å². The summed E-state index contributed by atoms with van der Waals surface area (Å²) in [6, 6.07) is 13.8. The van der Waals surface area contributed by atoms with E-state index in [1.807, 2.05) is 18.2 Å². The van der Waals surface area contributed by atoms with E-state index in [-0.39, 0.29) is 11.6 Å². The standard InChI is InChI=1S/C18H15F3N4O/c1-26-15-7-3-6-14(11-15)23-16-8-9-22-17(25-16)24-13-5-2-4-12(10-13)18(19,20)21/h2-11H,1H3,(H2,22,23,24,25). The van der Waals surface area contributed by atoms with Gasteiger partial charge in [0.15, 0.2) is 0 Å². The van der Waals surface area contributed by atoms with Gasteiger partial charge in [-0.25, -0.2) is 4.98 Å². The van der Waals surface area contributed by atoms with E-state index in [0.29, 0.717) is 11.6 Å². The number of nitrogens with zero attached hydrogens (tertiary/aromatic N) is 2. The average molecular weight is 360 g/mol. The van der Waals surface area contributed by atoms with Crippen LogP contribution in [0.25, 0.3) is 0 Å². The van der Waals surface area contributed by atoms with Gasteiger partial charge in [0, 0.05) is 23.6 Å². The van der Waals surface area contributed by atoms with Crippen molar-refractivity contribution in [3.8, 4) is 5.75 Å². The number of nitrogens with one attached hydrogen (secondary N) is 2. The lowest BCUT2D eigenvalue weighted by molar-refractivity contribution is -0.137. The van der Waals surface area contributed by atoms with Crippen LogP contribution in [0.5, 0.6) is 5.75 Å². The van der Waals surface area contributed by atoms with E-state index >= 15 is 0 Å². The van der Waals surface area contributed by atoms with Crippen LogP contribution in [0.3, 0.4) is 0 Å². The van der Waals surface area contributed by atoms with Crippen molar-refractivity contribution in [2.45, 2.75) is 6.18 Å². The van der Waals surface area contributed by atoms with Crippen LogP contribution in [0.4, 0.5) is 36.3 Å². The fraction of sp³-hybridized carbons (Fsp3) is 0.111. The number of methoxy groups -OCH3 is 1. The van der Waals surface area contributed by atoms with Crippen molar-refractivity contribution in [3.63, 3.8) is 0 Å². The molecule has 0 saturated carbocycles. The Labute approximate surface area is 147 Å². The zero-order valence-corrected chi connectivity index (χ0v) is 13.7. The fourth-order valence-corrected chi connectivity index (χ4v) is 2.24. The van der Waals surface area contributed by atoms with Crippen LogP contribution < -0.4 is 15.4 Å². The third kappa shape index (κ3) is 4.41. The van der Waals surface area contributed by atoms with Crippen molar-refractivity contribution in [2.75, 3.05) is 17.7 Å². The van der Waals surface area contributed by atoms with E-state index in [0.717, 1.165) is 17.8 Å². The summed E-state index contributed by atoms with van der Waals surface area (Å²) < 4.78 is 43.5. The topological polar surface area (TPSA) is 59.1 Å². The van der Waals surface area contributed by atoms with Gasteiger partial charge in [-0.2, -0.15) is 18.2 Å². The molecule has 1 aromatic heterocycles. The minimum Gasteiger partial charge on any atom is -0.497 e. The highest BCUT2D eigenvalue weighted by Gasteiger charge is 2.30. The number of hydrogen-bond donors (Lipinski definition) is 2. The van der Waals surface area contributed by atoms with Crippen LogP contribution in [-0.4, -0.2) is 17.1 Å². The summed E-state index contributed by atoms with van der Waals surface area (Å²) in [5, 5.41) is 5.87. The Hall–Kier alpha value is -3.29. The quantitative estimate of drug-likeness (QED) is 0.671. The first-order valence-corrected chi connectivity index (χ1v) is 7.62. The highest BCUT2D eigenvalue weighted by molar-refractivity contribution is 5.61. The molecule has 0 aliphatic carbocycles. The van der Waals surface area contributed by atoms with Gasteiger partial charge in [0.05, 0.1) is 12.7 Å². The van der Waals surface area contributed by atoms with Crippen molar-refractivity contribution < 1.29 is 17.9 Å². The third-order valence-corrected chi connectivity index (χ3v) is 3.44. The number of hydrogen-bond acceptors (Lipinski definition) is 5. The van der Waals surface area contributed by atoms with Crippen LogP contribution >= 0.6 is 0 Å². The smallest absolute Gasteiger partial charge is 0.416 e. The first-order valence-electron chi connectivity index (χ1n) is 7.62. The summed E-state index contributed by atoms with van der Waals surface area (Å²) in [5.74, 6) is 1.35. The molecular weight excluding hydrogens is 345 g/mol. The van der Waals surface area contributed by atoms with E-state index < -0.39 is 11.7 Å². The summed E-state index contributed by atoms with van der Waals surface area (Å²) >= 11 is 0. The van der Waals surface area contributed by atoms with Gasteiger partial charge in [-0.1, -0.05) is 12.1 Å². The maximum Gasteiger partial charge on any atom is 0.416 e. The lowest BCUT2D eigenvalue weighted by Crippen LogP contribution is -2.06. The Kier molecular flexibility index (Phi) is 4.92. The molecule has 0 saturated heterocycles. The first-order chi connectivity index (χ1) is 12.4. The molecule has 8 heteroatoms. The summed E-state index contributed by atoms with van der Waals surface area (Å²) in [5.41, 5.74) is 0.264. The highest BCUT2D eigenvalue weighted by Crippen LogP contribution is 2.31. The Bertz CT molecular complexity index is 899. The van der Waals surface area contributed by atoms with Gasteiger partial charge in [-0.05, 0) is 36.4 Å². The maximum atomic E-state index is 12.8. The number of halogens is 3. The van der Waals surface area contributed by atoms with E-state index in [4.69, 9.17) is 4.74 Å². The molecule has 1 heterocycles. The second-order valence-corrected chi connectivity index (χ2v) is 5.33. The summed E-state index contributed by atoms with van der Waals surface area (Å²) in [7, 11) is 1.57. The molecule has 0 aliphatic rings. The molecule has 2 N–H and O–H groups in total. The molecule has 0 fully saturated rings. The van der Waals surface area contributed by atoms with Gasteiger partial charge < -0.3 is 15.4 Å². The average Bonchev–Trinajstić information content (AvgIpc) is 2.62. The fourth-order valence-electron chi connectivity index (χ4n) is 2.24. The van der Waals surface area contributed by atoms with E-state index in [9.17, 15) is 13.2 Å². The molecule has 3 rings (SSSR count). The van der Waals surface area contributed by atoms with Gasteiger partial charge in [-0.3, -0.25) is 0 Å². The second kappa shape index (κ2) is 7.30. The summed E-state index contributed by atoms with van der Waals surface area (Å²) in [4.78, 5) is 8.29. The minimum atomic E-state index is -4.41. The van der Waals surface area contributed by atoms with Crippen molar-refractivity contribution in [1.82, 2.24) is 9.97 Å².